The van der Waals surface area contributed by atoms with Gasteiger partial charge in [0.05, 0.1) is 0 Å². The number of rotatable bonds is 3. The molecule has 0 heterocycles. The minimum atomic E-state index is 0.0114. The van der Waals surface area contributed by atoms with Gasteiger partial charge in [0.15, 0.2) is 5.78 Å². The Morgan fingerprint density at radius 1 is 1.32 bits per heavy atom. The van der Waals surface area contributed by atoms with E-state index in [1.165, 1.54) is 6.92 Å². The second kappa shape index (κ2) is 5.16. The van der Waals surface area contributed by atoms with Crippen molar-refractivity contribution in [2.45, 2.75) is 40.0 Å². The maximum absolute atomic E-state index is 12.3. The van der Waals surface area contributed by atoms with E-state index in [4.69, 9.17) is 0 Å². The normalized spacial score (nSPS) is 21.1. The lowest BCUT2D eigenvalue weighted by Gasteiger charge is -2.25. The molecule has 1 fully saturated rings. The standard InChI is InChI=1S/C16H21NO2/c1-11(18)12-6-4-7-13(10-12)17-15(19)14-8-5-9-16(14,2)3/h4,6-7,10,14H,5,8-9H2,1-3H3,(H,17,19). The second-order valence-corrected chi connectivity index (χ2v) is 6.06. The number of carbonyl (C=O) groups excluding carboxylic acids is 2. The molecule has 1 amide bonds. The number of benzene rings is 1. The lowest BCUT2D eigenvalue weighted by Crippen LogP contribution is -2.30. The van der Waals surface area contributed by atoms with Gasteiger partial charge in [-0.1, -0.05) is 32.4 Å². The van der Waals surface area contributed by atoms with Gasteiger partial charge in [-0.05, 0) is 37.3 Å². The van der Waals surface area contributed by atoms with Gasteiger partial charge in [-0.25, -0.2) is 0 Å². The van der Waals surface area contributed by atoms with Crippen molar-refractivity contribution < 1.29 is 9.59 Å². The van der Waals surface area contributed by atoms with E-state index < -0.39 is 0 Å². The first-order valence-corrected chi connectivity index (χ1v) is 6.82. The minimum absolute atomic E-state index is 0.0114. The van der Waals surface area contributed by atoms with E-state index >= 15 is 0 Å². The highest BCUT2D eigenvalue weighted by Crippen LogP contribution is 2.43. The second-order valence-electron chi connectivity index (χ2n) is 6.06. The van der Waals surface area contributed by atoms with Crippen LogP contribution in [0.4, 0.5) is 5.69 Å². The van der Waals surface area contributed by atoms with Crippen LogP contribution in [0.2, 0.25) is 0 Å². The molecule has 0 bridgehead atoms. The zero-order valence-electron chi connectivity index (χ0n) is 11.8. The third kappa shape index (κ3) is 3.03. The molecule has 1 aliphatic rings. The fraction of sp³-hybridized carbons (Fsp3) is 0.500. The van der Waals surface area contributed by atoms with Crippen LogP contribution >= 0.6 is 0 Å². The third-order valence-corrected chi connectivity index (χ3v) is 4.11. The van der Waals surface area contributed by atoms with Gasteiger partial charge in [-0.15, -0.1) is 0 Å². The van der Waals surface area contributed by atoms with Gasteiger partial charge in [0.1, 0.15) is 0 Å². The quantitative estimate of drug-likeness (QED) is 0.842. The highest BCUT2D eigenvalue weighted by molar-refractivity contribution is 5.97. The molecule has 3 nitrogen and oxygen atoms in total. The summed E-state index contributed by atoms with van der Waals surface area (Å²) in [7, 11) is 0. The summed E-state index contributed by atoms with van der Waals surface area (Å²) < 4.78 is 0. The number of nitrogens with one attached hydrogen (secondary N) is 1. The SMILES string of the molecule is CC(=O)c1cccc(NC(=O)C2CCCC2(C)C)c1. The van der Waals surface area contributed by atoms with Crippen molar-refractivity contribution in [3.05, 3.63) is 29.8 Å². The monoisotopic (exact) mass is 259 g/mol. The van der Waals surface area contributed by atoms with Crippen molar-refractivity contribution in [1.82, 2.24) is 0 Å². The first kappa shape index (κ1) is 13.8. The van der Waals surface area contributed by atoms with Crippen LogP contribution < -0.4 is 5.32 Å². The van der Waals surface area contributed by atoms with Crippen molar-refractivity contribution in [3.63, 3.8) is 0 Å². The number of Topliss-reactive ketones (excluding diaryl/α,β-unsaturated/α-hetero) is 1. The molecule has 0 aliphatic heterocycles. The predicted molar refractivity (Wildman–Crippen MR) is 76.2 cm³/mol. The zero-order valence-corrected chi connectivity index (χ0v) is 11.8. The van der Waals surface area contributed by atoms with Gasteiger partial charge in [-0.3, -0.25) is 9.59 Å². The van der Waals surface area contributed by atoms with Crippen molar-refractivity contribution >= 4 is 17.4 Å². The number of hydrogen-bond acceptors (Lipinski definition) is 2. The van der Waals surface area contributed by atoms with E-state index in [1.807, 2.05) is 6.07 Å². The van der Waals surface area contributed by atoms with Crippen molar-refractivity contribution in [3.8, 4) is 0 Å². The Balaban J connectivity index is 2.11. The van der Waals surface area contributed by atoms with Crippen LogP contribution in [-0.2, 0) is 4.79 Å². The summed E-state index contributed by atoms with van der Waals surface area (Å²) in [6, 6.07) is 7.12. The first-order valence-electron chi connectivity index (χ1n) is 6.82. The van der Waals surface area contributed by atoms with Crippen molar-refractivity contribution in [1.29, 1.82) is 0 Å². The Labute approximate surface area is 114 Å². The van der Waals surface area contributed by atoms with Crippen LogP contribution in [0.25, 0.3) is 0 Å². The summed E-state index contributed by atoms with van der Waals surface area (Å²) in [4.78, 5) is 23.6. The third-order valence-electron chi connectivity index (χ3n) is 4.11. The van der Waals surface area contributed by atoms with Crippen LogP contribution in [0.5, 0.6) is 0 Å². The molecule has 0 spiro atoms. The van der Waals surface area contributed by atoms with Crippen LogP contribution in [0.15, 0.2) is 24.3 Å². The highest BCUT2D eigenvalue weighted by Gasteiger charge is 2.39. The van der Waals surface area contributed by atoms with Crippen LogP contribution in [-0.4, -0.2) is 11.7 Å². The highest BCUT2D eigenvalue weighted by atomic mass is 16.2. The Hall–Kier alpha value is -1.64. The van der Waals surface area contributed by atoms with E-state index in [-0.39, 0.29) is 23.0 Å². The summed E-state index contributed by atoms with van der Waals surface area (Å²) in [5.74, 6) is 0.147. The molecular weight excluding hydrogens is 238 g/mol. The number of hydrogen-bond donors (Lipinski definition) is 1. The molecule has 1 unspecified atom stereocenters. The van der Waals surface area contributed by atoms with Gasteiger partial charge in [0.2, 0.25) is 5.91 Å². The molecule has 0 saturated heterocycles. The summed E-state index contributed by atoms with van der Waals surface area (Å²) in [6.07, 6.45) is 3.16. The fourth-order valence-electron chi connectivity index (χ4n) is 2.86. The zero-order chi connectivity index (χ0) is 14.0. The predicted octanol–water partition coefficient (Wildman–Crippen LogP) is 3.65. The van der Waals surface area contributed by atoms with Gasteiger partial charge in [-0.2, -0.15) is 0 Å². The fourth-order valence-corrected chi connectivity index (χ4v) is 2.86. The van der Waals surface area contributed by atoms with Gasteiger partial charge in [0.25, 0.3) is 0 Å². The van der Waals surface area contributed by atoms with Crippen molar-refractivity contribution in [2.24, 2.45) is 11.3 Å². The van der Waals surface area contributed by atoms with Crippen LogP contribution in [0.3, 0.4) is 0 Å². The Morgan fingerprint density at radius 2 is 2.05 bits per heavy atom. The summed E-state index contributed by atoms with van der Waals surface area (Å²) >= 11 is 0. The molecule has 102 valence electrons. The van der Waals surface area contributed by atoms with Gasteiger partial charge in [0, 0.05) is 17.2 Å². The Bertz CT molecular complexity index is 505. The number of amides is 1. The molecule has 3 heteroatoms. The molecule has 1 aromatic carbocycles. The molecule has 1 N–H and O–H groups in total. The molecular formula is C16H21NO2. The average molecular weight is 259 g/mol. The summed E-state index contributed by atoms with van der Waals surface area (Å²) in [5, 5.41) is 2.94. The molecule has 19 heavy (non-hydrogen) atoms. The smallest absolute Gasteiger partial charge is 0.228 e. The van der Waals surface area contributed by atoms with E-state index in [0.717, 1.165) is 19.3 Å². The lowest BCUT2D eigenvalue weighted by atomic mass is 9.81. The summed E-state index contributed by atoms with van der Waals surface area (Å²) in [6.45, 7) is 5.83. The van der Waals surface area contributed by atoms with E-state index in [0.29, 0.717) is 11.3 Å². The van der Waals surface area contributed by atoms with Crippen LogP contribution in [0, 0.1) is 11.3 Å². The number of ketones is 1. The van der Waals surface area contributed by atoms with Crippen molar-refractivity contribution in [2.75, 3.05) is 5.32 Å². The Morgan fingerprint density at radius 3 is 2.63 bits per heavy atom. The average Bonchev–Trinajstić information content (AvgIpc) is 2.69. The van der Waals surface area contributed by atoms with E-state index in [9.17, 15) is 9.59 Å². The van der Waals surface area contributed by atoms with Crippen LogP contribution in [0.1, 0.15) is 50.4 Å². The topological polar surface area (TPSA) is 46.2 Å². The maximum Gasteiger partial charge on any atom is 0.228 e. The molecule has 1 saturated carbocycles. The molecule has 0 radical (unpaired) electrons. The summed E-state index contributed by atoms with van der Waals surface area (Å²) in [5.41, 5.74) is 1.41. The lowest BCUT2D eigenvalue weighted by molar-refractivity contribution is -0.122. The van der Waals surface area contributed by atoms with Gasteiger partial charge < -0.3 is 5.32 Å². The molecule has 1 atom stereocenters. The molecule has 0 aromatic heterocycles. The number of anilines is 1. The number of carbonyl (C=O) groups is 2. The maximum atomic E-state index is 12.3. The minimum Gasteiger partial charge on any atom is -0.326 e. The van der Waals surface area contributed by atoms with E-state index in [1.54, 1.807) is 18.2 Å². The Kier molecular flexibility index (Phi) is 3.74. The largest absolute Gasteiger partial charge is 0.326 e. The molecule has 1 aromatic rings. The first-order chi connectivity index (χ1) is 8.90. The molecule has 1 aliphatic carbocycles. The van der Waals surface area contributed by atoms with Gasteiger partial charge >= 0.3 is 0 Å². The molecule has 2 rings (SSSR count). The van der Waals surface area contributed by atoms with E-state index in [2.05, 4.69) is 19.2 Å².